The fraction of sp³-hybridized carbons (Fsp3) is 0.304. The molecule has 2 aromatic rings. The first kappa shape index (κ1) is 24.0. The molecule has 2 aromatic carbocycles. The van der Waals surface area contributed by atoms with Gasteiger partial charge in [0.25, 0.3) is 0 Å². The van der Waals surface area contributed by atoms with Gasteiger partial charge in [-0.15, -0.1) is 0 Å². The zero-order valence-electron chi connectivity index (χ0n) is 18.4. The Kier molecular flexibility index (Phi) is 7.71. The van der Waals surface area contributed by atoms with Crippen molar-refractivity contribution in [1.29, 1.82) is 0 Å². The summed E-state index contributed by atoms with van der Waals surface area (Å²) in [6.45, 7) is 3.82. The molecular weight excluding hydrogens is 448 g/mol. The number of nitrogens with zero attached hydrogens (tertiary/aromatic N) is 3. The summed E-state index contributed by atoms with van der Waals surface area (Å²) in [4.78, 5) is 18.6. The predicted octanol–water partition coefficient (Wildman–Crippen LogP) is 2.83. The zero-order valence-corrected chi connectivity index (χ0v) is 19.9. The third-order valence-electron chi connectivity index (χ3n) is 5.23. The Labute approximate surface area is 194 Å². The third kappa shape index (κ3) is 5.56. The summed E-state index contributed by atoms with van der Waals surface area (Å²) >= 11 is 6.06. The van der Waals surface area contributed by atoms with E-state index in [1.54, 1.807) is 37.1 Å². The lowest BCUT2D eigenvalue weighted by Crippen LogP contribution is -2.28. The Bertz CT molecular complexity index is 1140. The van der Waals surface area contributed by atoms with Gasteiger partial charge < -0.3 is 10.2 Å². The van der Waals surface area contributed by atoms with Crippen LogP contribution in [0.5, 0.6) is 0 Å². The molecule has 1 aliphatic heterocycles. The molecule has 170 valence electrons. The molecule has 9 heteroatoms. The third-order valence-corrected chi connectivity index (χ3v) is 7.60. The van der Waals surface area contributed by atoms with Crippen LogP contribution >= 0.6 is 11.6 Å². The molecule has 0 fully saturated rings. The summed E-state index contributed by atoms with van der Waals surface area (Å²) in [5, 5.41) is 3.63. The molecule has 1 aliphatic rings. The second-order valence-corrected chi connectivity index (χ2v) is 10.0. The fourth-order valence-electron chi connectivity index (χ4n) is 3.27. The number of benzene rings is 2. The van der Waals surface area contributed by atoms with Gasteiger partial charge in [0.15, 0.2) is 0 Å². The van der Waals surface area contributed by atoms with E-state index in [4.69, 9.17) is 11.6 Å². The molecule has 0 atom stereocenters. The normalized spacial score (nSPS) is 14.0. The van der Waals surface area contributed by atoms with Crippen LogP contribution < -0.4 is 5.32 Å². The number of rotatable bonds is 8. The number of hydrogen-bond donors (Lipinski definition) is 1. The minimum absolute atomic E-state index is 0.0671. The Morgan fingerprint density at radius 3 is 2.56 bits per heavy atom. The van der Waals surface area contributed by atoms with Crippen LogP contribution in [0.15, 0.2) is 64.5 Å². The zero-order chi connectivity index (χ0) is 23.3. The highest BCUT2D eigenvalue weighted by atomic mass is 35.5. The molecule has 0 saturated heterocycles. The standard InChI is InChI=1S/C23H27ClN4O3S/c1-17-20(24)6-4-7-21(17)32(30,31)28(3)15-5-8-22(29)27(2)16-18-9-11-19(12-10-18)23-25-13-14-26-23/h4-12H,13-16H2,1-3H3,(H,25,26)/b8-5+. The number of carbonyl (C=O) groups excluding carboxylic acids is 1. The summed E-state index contributed by atoms with van der Waals surface area (Å²) in [5.74, 6) is 0.691. The summed E-state index contributed by atoms with van der Waals surface area (Å²) in [7, 11) is -0.533. The maximum absolute atomic E-state index is 12.8. The van der Waals surface area contributed by atoms with E-state index in [1.807, 2.05) is 24.3 Å². The van der Waals surface area contributed by atoms with Gasteiger partial charge in [-0.2, -0.15) is 4.31 Å². The number of likely N-dealkylation sites (N-methyl/N-ethyl adjacent to an activating group) is 2. The lowest BCUT2D eigenvalue weighted by Gasteiger charge is -2.18. The Hall–Kier alpha value is -2.68. The number of hydrogen-bond acceptors (Lipinski definition) is 5. The monoisotopic (exact) mass is 474 g/mol. The number of sulfonamides is 1. The number of halogens is 1. The van der Waals surface area contributed by atoms with Crippen LogP contribution in [0.25, 0.3) is 0 Å². The van der Waals surface area contributed by atoms with Crippen LogP contribution in [0.4, 0.5) is 0 Å². The number of carbonyl (C=O) groups is 1. The van der Waals surface area contributed by atoms with Crippen molar-refractivity contribution in [2.75, 3.05) is 33.7 Å². The Morgan fingerprint density at radius 2 is 1.91 bits per heavy atom. The van der Waals surface area contributed by atoms with E-state index in [0.29, 0.717) is 17.1 Å². The molecule has 32 heavy (non-hydrogen) atoms. The second kappa shape index (κ2) is 10.3. The quantitative estimate of drug-likeness (QED) is 0.596. The minimum atomic E-state index is -3.71. The Balaban J connectivity index is 1.56. The van der Waals surface area contributed by atoms with Gasteiger partial charge in [-0.1, -0.05) is 48.0 Å². The van der Waals surface area contributed by atoms with Gasteiger partial charge in [-0.3, -0.25) is 9.79 Å². The van der Waals surface area contributed by atoms with E-state index in [1.165, 1.54) is 23.5 Å². The molecule has 0 unspecified atom stereocenters. The van der Waals surface area contributed by atoms with Gasteiger partial charge in [0.1, 0.15) is 5.84 Å². The van der Waals surface area contributed by atoms with Gasteiger partial charge in [0.2, 0.25) is 15.9 Å². The van der Waals surface area contributed by atoms with E-state index >= 15 is 0 Å². The van der Waals surface area contributed by atoms with E-state index in [2.05, 4.69) is 10.3 Å². The van der Waals surface area contributed by atoms with Crippen LogP contribution in [0.1, 0.15) is 16.7 Å². The summed E-state index contributed by atoms with van der Waals surface area (Å²) in [5.41, 5.74) is 2.52. The maximum atomic E-state index is 12.8. The molecule has 0 aliphatic carbocycles. The van der Waals surface area contributed by atoms with Gasteiger partial charge in [0, 0.05) is 50.4 Å². The first-order valence-electron chi connectivity index (χ1n) is 10.2. The van der Waals surface area contributed by atoms with Gasteiger partial charge in [0.05, 0.1) is 11.4 Å². The first-order chi connectivity index (χ1) is 15.2. The second-order valence-electron chi connectivity index (χ2n) is 7.60. The molecule has 1 heterocycles. The lowest BCUT2D eigenvalue weighted by molar-refractivity contribution is -0.125. The summed E-state index contributed by atoms with van der Waals surface area (Å²) in [6, 6.07) is 12.7. The summed E-state index contributed by atoms with van der Waals surface area (Å²) < 4.78 is 26.8. The fourth-order valence-corrected chi connectivity index (χ4v) is 4.87. The average Bonchev–Trinajstić information content (AvgIpc) is 3.30. The molecule has 3 rings (SSSR count). The summed E-state index contributed by atoms with van der Waals surface area (Å²) in [6.07, 6.45) is 2.94. The van der Waals surface area contributed by atoms with Crippen molar-refractivity contribution < 1.29 is 13.2 Å². The van der Waals surface area contributed by atoms with E-state index < -0.39 is 10.0 Å². The molecule has 7 nitrogen and oxygen atoms in total. The number of amidine groups is 1. The average molecular weight is 475 g/mol. The SMILES string of the molecule is Cc1c(Cl)cccc1S(=O)(=O)N(C)C/C=C/C(=O)N(C)Cc1ccc(C2=NCCN2)cc1. The topological polar surface area (TPSA) is 82.1 Å². The van der Waals surface area contributed by atoms with E-state index in [9.17, 15) is 13.2 Å². The van der Waals surface area contributed by atoms with Crippen LogP contribution in [0.2, 0.25) is 5.02 Å². The molecular formula is C23H27ClN4O3S. The van der Waals surface area contributed by atoms with Crippen LogP contribution in [0, 0.1) is 6.92 Å². The molecule has 0 radical (unpaired) electrons. The molecule has 0 spiro atoms. The number of aliphatic imine (C=N–C) groups is 1. The van der Waals surface area contributed by atoms with Gasteiger partial charge in [-0.05, 0) is 30.2 Å². The molecule has 1 N–H and O–H groups in total. The predicted molar refractivity (Wildman–Crippen MR) is 127 cm³/mol. The highest BCUT2D eigenvalue weighted by Crippen LogP contribution is 2.24. The maximum Gasteiger partial charge on any atom is 0.246 e. The van der Waals surface area contributed by atoms with E-state index in [0.717, 1.165) is 30.1 Å². The van der Waals surface area contributed by atoms with Gasteiger partial charge >= 0.3 is 0 Å². The van der Waals surface area contributed by atoms with Crippen molar-refractivity contribution in [3.63, 3.8) is 0 Å². The molecule has 0 aromatic heterocycles. The Morgan fingerprint density at radius 1 is 1.19 bits per heavy atom. The highest BCUT2D eigenvalue weighted by molar-refractivity contribution is 7.89. The molecule has 1 amide bonds. The largest absolute Gasteiger partial charge is 0.368 e. The van der Waals surface area contributed by atoms with Crippen molar-refractivity contribution in [2.24, 2.45) is 4.99 Å². The van der Waals surface area contributed by atoms with Crippen molar-refractivity contribution in [3.05, 3.63) is 76.3 Å². The lowest BCUT2D eigenvalue weighted by atomic mass is 10.1. The van der Waals surface area contributed by atoms with Crippen molar-refractivity contribution in [1.82, 2.24) is 14.5 Å². The van der Waals surface area contributed by atoms with Crippen molar-refractivity contribution >= 4 is 33.4 Å². The first-order valence-corrected chi connectivity index (χ1v) is 12.0. The van der Waals surface area contributed by atoms with Crippen LogP contribution in [-0.4, -0.2) is 63.1 Å². The molecule has 0 bridgehead atoms. The van der Waals surface area contributed by atoms with Crippen molar-refractivity contribution in [3.8, 4) is 0 Å². The minimum Gasteiger partial charge on any atom is -0.368 e. The van der Waals surface area contributed by atoms with Crippen molar-refractivity contribution in [2.45, 2.75) is 18.4 Å². The van der Waals surface area contributed by atoms with E-state index in [-0.39, 0.29) is 17.3 Å². The smallest absolute Gasteiger partial charge is 0.246 e. The highest BCUT2D eigenvalue weighted by Gasteiger charge is 2.22. The van der Waals surface area contributed by atoms with Gasteiger partial charge in [-0.25, -0.2) is 8.42 Å². The number of nitrogens with one attached hydrogen (secondary N) is 1. The van der Waals surface area contributed by atoms with Crippen LogP contribution in [0.3, 0.4) is 0 Å². The van der Waals surface area contributed by atoms with Crippen LogP contribution in [-0.2, 0) is 21.4 Å². The number of amides is 1. The molecule has 0 saturated carbocycles.